The van der Waals surface area contributed by atoms with Gasteiger partial charge in [-0.3, -0.25) is 0 Å². The number of thioether (sulfide) groups is 1. The zero-order valence-corrected chi connectivity index (χ0v) is 29.4. The lowest BCUT2D eigenvalue weighted by Crippen LogP contribution is -2.38. The molecule has 3 atom stereocenters. The highest BCUT2D eigenvalue weighted by Gasteiger charge is 2.47. The number of hydrogen-bond donors (Lipinski definition) is 0. The lowest BCUT2D eigenvalue weighted by Gasteiger charge is -2.39. The average Bonchev–Trinajstić information content (AvgIpc) is 3.88. The van der Waals surface area contributed by atoms with Gasteiger partial charge in [0.1, 0.15) is 11.2 Å². The number of hydrogen-bond acceptors (Lipinski definition) is 3. The molecule has 0 spiro atoms. The second-order valence-corrected chi connectivity index (χ2v) is 15.4. The van der Waals surface area contributed by atoms with Crippen molar-refractivity contribution in [2.45, 2.75) is 34.4 Å². The van der Waals surface area contributed by atoms with E-state index in [4.69, 9.17) is 4.42 Å². The number of nitrogens with zero attached hydrogens (tertiary/aromatic N) is 1. The van der Waals surface area contributed by atoms with Crippen LogP contribution < -0.4 is 4.90 Å². The molecule has 0 saturated carbocycles. The van der Waals surface area contributed by atoms with E-state index in [1.165, 1.54) is 55.1 Å². The summed E-state index contributed by atoms with van der Waals surface area (Å²) in [5.74, 6) is 0. The Hall–Kier alpha value is -5.77. The summed E-state index contributed by atoms with van der Waals surface area (Å²) in [5.41, 5.74) is 14.8. The number of furan rings is 1. The molecule has 6 aromatic carbocycles. The van der Waals surface area contributed by atoms with Crippen molar-refractivity contribution in [2.75, 3.05) is 4.90 Å². The number of para-hydroxylation sites is 1. The standard InChI is InChI=1S/C49H35NOS/c1-2-14-32(15-3-1)49(40-21-8-4-16-35(40)36-17-5-9-22-41(36)49)33-28-30-34(31-29-33)50(42-23-13-26-45-47(42)39-19-6-10-25-44(39)51-45)43-24-12-20-38-37-18-7-11-27-46(37)52-48(38)43/h1-8,10-21,23-31,43,48H,9,22H2. The average molecular weight is 686 g/mol. The summed E-state index contributed by atoms with van der Waals surface area (Å²) in [6.07, 6.45) is 13.8. The molecule has 0 radical (unpaired) electrons. The van der Waals surface area contributed by atoms with E-state index >= 15 is 0 Å². The lowest BCUT2D eigenvalue weighted by molar-refractivity contribution is 0.669. The second kappa shape index (κ2) is 11.6. The van der Waals surface area contributed by atoms with Crippen LogP contribution in [0.2, 0.25) is 0 Å². The van der Waals surface area contributed by atoms with E-state index in [2.05, 4.69) is 181 Å². The molecule has 1 aliphatic heterocycles. The van der Waals surface area contributed by atoms with Crippen LogP contribution in [0.4, 0.5) is 11.4 Å². The van der Waals surface area contributed by atoms with Gasteiger partial charge in [0.25, 0.3) is 0 Å². The Balaban J connectivity index is 1.12. The van der Waals surface area contributed by atoms with Crippen LogP contribution >= 0.6 is 11.8 Å². The van der Waals surface area contributed by atoms with E-state index in [1.54, 1.807) is 0 Å². The maximum atomic E-state index is 6.46. The van der Waals surface area contributed by atoms with Crippen LogP contribution in [0.3, 0.4) is 0 Å². The van der Waals surface area contributed by atoms with Gasteiger partial charge >= 0.3 is 0 Å². The first kappa shape index (κ1) is 29.9. The summed E-state index contributed by atoms with van der Waals surface area (Å²) in [7, 11) is 0. The fourth-order valence-electron chi connectivity index (χ4n) is 9.52. The smallest absolute Gasteiger partial charge is 0.137 e. The first-order valence-corrected chi connectivity index (χ1v) is 19.2. The van der Waals surface area contributed by atoms with Crippen LogP contribution in [0.1, 0.15) is 40.7 Å². The first-order valence-electron chi connectivity index (χ1n) is 18.3. The monoisotopic (exact) mass is 685 g/mol. The predicted molar refractivity (Wildman–Crippen MR) is 217 cm³/mol. The molecule has 0 bridgehead atoms. The molecule has 3 unspecified atom stereocenters. The van der Waals surface area contributed by atoms with Gasteiger partial charge in [-0.2, -0.15) is 0 Å². The molecule has 4 aliphatic rings. The number of allylic oxidation sites excluding steroid dienone is 6. The maximum absolute atomic E-state index is 6.46. The van der Waals surface area contributed by atoms with Crippen LogP contribution in [0.5, 0.6) is 0 Å². The molecular weight excluding hydrogens is 651 g/mol. The van der Waals surface area contributed by atoms with Crippen molar-refractivity contribution in [1.29, 1.82) is 0 Å². The van der Waals surface area contributed by atoms with Gasteiger partial charge < -0.3 is 9.32 Å². The van der Waals surface area contributed by atoms with E-state index in [1.807, 2.05) is 11.8 Å². The Kier molecular flexibility index (Phi) is 6.69. The van der Waals surface area contributed by atoms with Crippen LogP contribution in [0.25, 0.3) is 33.1 Å². The van der Waals surface area contributed by atoms with Crippen molar-refractivity contribution in [3.8, 4) is 0 Å². The largest absolute Gasteiger partial charge is 0.456 e. The molecule has 1 aromatic heterocycles. The minimum absolute atomic E-state index is 0.0793. The van der Waals surface area contributed by atoms with E-state index in [9.17, 15) is 0 Å². The van der Waals surface area contributed by atoms with Crippen LogP contribution in [-0.2, 0) is 5.41 Å². The maximum Gasteiger partial charge on any atom is 0.137 e. The first-order chi connectivity index (χ1) is 25.8. The number of anilines is 2. The number of benzene rings is 6. The van der Waals surface area contributed by atoms with E-state index in [-0.39, 0.29) is 16.7 Å². The minimum Gasteiger partial charge on any atom is -0.456 e. The Morgan fingerprint density at radius 1 is 0.673 bits per heavy atom. The fraction of sp³-hybridized carbons (Fsp3) is 0.102. The lowest BCUT2D eigenvalue weighted by atomic mass is 9.65. The SMILES string of the molecule is C1=CC(N(c2ccc(C3(c4ccccc4)C4=C(C=CCC4)c4ccccc43)cc2)c2cccc3oc4ccccc4c23)C2Sc3ccccc3C2=C1. The van der Waals surface area contributed by atoms with Crippen LogP contribution in [0.15, 0.2) is 191 Å². The molecule has 0 amide bonds. The fourth-order valence-corrected chi connectivity index (χ4v) is 11.0. The van der Waals surface area contributed by atoms with Crippen molar-refractivity contribution < 1.29 is 4.42 Å². The zero-order chi connectivity index (χ0) is 34.2. The molecule has 2 nitrogen and oxygen atoms in total. The molecule has 7 aromatic rings. The molecule has 52 heavy (non-hydrogen) atoms. The zero-order valence-electron chi connectivity index (χ0n) is 28.6. The molecule has 0 fully saturated rings. The predicted octanol–water partition coefficient (Wildman–Crippen LogP) is 12.7. The van der Waals surface area contributed by atoms with Crippen LogP contribution in [-0.4, -0.2) is 11.3 Å². The number of rotatable bonds is 5. The second-order valence-electron chi connectivity index (χ2n) is 14.2. The summed E-state index contributed by atoms with van der Waals surface area (Å²) in [4.78, 5) is 3.93. The number of fused-ring (bicyclic) bond motifs is 8. The van der Waals surface area contributed by atoms with Crippen molar-refractivity contribution in [2.24, 2.45) is 0 Å². The van der Waals surface area contributed by atoms with Gasteiger partial charge in [-0.1, -0.05) is 140 Å². The summed E-state index contributed by atoms with van der Waals surface area (Å²) in [6, 6.07) is 53.7. The third-order valence-electron chi connectivity index (χ3n) is 11.6. The topological polar surface area (TPSA) is 16.4 Å². The van der Waals surface area contributed by atoms with E-state index in [0.29, 0.717) is 0 Å². The highest BCUT2D eigenvalue weighted by molar-refractivity contribution is 8.01. The molecule has 248 valence electrons. The third-order valence-corrected chi connectivity index (χ3v) is 13.0. The summed E-state index contributed by atoms with van der Waals surface area (Å²) in [5, 5.41) is 2.54. The molecule has 0 saturated heterocycles. The van der Waals surface area contributed by atoms with Crippen LogP contribution in [0, 0.1) is 0 Å². The Labute approximate surface area is 308 Å². The molecule has 0 N–H and O–H groups in total. The third kappa shape index (κ3) is 4.20. The molecule has 2 heterocycles. The van der Waals surface area contributed by atoms with Gasteiger partial charge in [-0.25, -0.2) is 0 Å². The Bertz CT molecular complexity index is 2680. The van der Waals surface area contributed by atoms with Gasteiger partial charge in [0, 0.05) is 16.0 Å². The summed E-state index contributed by atoms with van der Waals surface area (Å²) < 4.78 is 6.46. The van der Waals surface area contributed by atoms with Gasteiger partial charge in [0.15, 0.2) is 0 Å². The van der Waals surface area contributed by atoms with E-state index < -0.39 is 0 Å². The Morgan fingerprint density at radius 2 is 1.42 bits per heavy atom. The molecule has 3 aliphatic carbocycles. The van der Waals surface area contributed by atoms with Crippen molar-refractivity contribution >= 4 is 56.2 Å². The van der Waals surface area contributed by atoms with E-state index in [0.717, 1.165) is 40.5 Å². The minimum atomic E-state index is -0.355. The quantitative estimate of drug-likeness (QED) is 0.179. The summed E-state index contributed by atoms with van der Waals surface area (Å²) >= 11 is 1.98. The van der Waals surface area contributed by atoms with Crippen molar-refractivity contribution in [1.82, 2.24) is 0 Å². The highest BCUT2D eigenvalue weighted by Crippen LogP contribution is 2.58. The Morgan fingerprint density at radius 3 is 2.33 bits per heavy atom. The highest BCUT2D eigenvalue weighted by atomic mass is 32.2. The molecule has 3 heteroatoms. The van der Waals surface area contributed by atoms with Gasteiger partial charge in [0.05, 0.1) is 27.8 Å². The van der Waals surface area contributed by atoms with Crippen molar-refractivity contribution in [3.63, 3.8) is 0 Å². The van der Waals surface area contributed by atoms with Gasteiger partial charge in [-0.05, 0) is 93.8 Å². The molecule has 11 rings (SSSR count). The normalized spacial score (nSPS) is 21.2. The van der Waals surface area contributed by atoms with Gasteiger partial charge in [0.2, 0.25) is 0 Å². The summed E-state index contributed by atoms with van der Waals surface area (Å²) in [6.45, 7) is 0. The molecular formula is C49H35NOS. The van der Waals surface area contributed by atoms with Gasteiger partial charge in [-0.15, -0.1) is 11.8 Å². The van der Waals surface area contributed by atoms with Crippen molar-refractivity contribution in [3.05, 3.63) is 209 Å².